The fourth-order valence-electron chi connectivity index (χ4n) is 2.81. The van der Waals surface area contributed by atoms with Gasteiger partial charge in [-0.25, -0.2) is 0 Å². The summed E-state index contributed by atoms with van der Waals surface area (Å²) in [4.78, 5) is 14.2. The molecule has 2 aliphatic rings. The van der Waals surface area contributed by atoms with Crippen LogP contribution in [-0.4, -0.2) is 23.4 Å². The minimum Gasteiger partial charge on any atom is -0.486 e. The molecule has 2 aliphatic heterocycles. The van der Waals surface area contributed by atoms with Gasteiger partial charge in [0.1, 0.15) is 13.2 Å². The number of hydrogen-bond acceptors (Lipinski definition) is 5. The second kappa shape index (κ2) is 7.14. The monoisotopic (exact) mass is 423 g/mol. The summed E-state index contributed by atoms with van der Waals surface area (Å²) in [5, 5.41) is 0. The van der Waals surface area contributed by atoms with Crippen LogP contribution < -0.4 is 14.4 Å². The topological polar surface area (TPSA) is 38.8 Å². The van der Waals surface area contributed by atoms with E-state index in [0.717, 1.165) is 28.8 Å². The molecule has 2 aromatic carbocycles. The van der Waals surface area contributed by atoms with E-state index in [0.29, 0.717) is 35.2 Å². The van der Waals surface area contributed by atoms with Crippen molar-refractivity contribution in [2.24, 2.45) is 0 Å². The number of ether oxygens (including phenoxy) is 2. The van der Waals surface area contributed by atoms with Crippen LogP contribution in [0.5, 0.6) is 11.5 Å². The molecule has 2 heterocycles. The van der Waals surface area contributed by atoms with E-state index in [1.807, 2.05) is 0 Å². The van der Waals surface area contributed by atoms with Gasteiger partial charge in [-0.15, -0.1) is 0 Å². The highest BCUT2D eigenvalue weighted by Gasteiger charge is 2.36. The van der Waals surface area contributed by atoms with Crippen LogP contribution in [0.4, 0.5) is 18.9 Å². The third-order valence-electron chi connectivity index (χ3n) is 4.09. The van der Waals surface area contributed by atoms with Gasteiger partial charge >= 0.3 is 6.18 Å². The molecule has 0 bridgehead atoms. The molecule has 0 unspecified atom stereocenters. The van der Waals surface area contributed by atoms with Gasteiger partial charge in [0.2, 0.25) is 0 Å². The SMILES string of the molecule is O=C1/C(=C/c2ccc3c(c2)OCCO3)SC(=S)N1c1cccc(C(F)(F)F)c1. The van der Waals surface area contributed by atoms with Gasteiger partial charge in [-0.05, 0) is 42.0 Å². The Morgan fingerprint density at radius 1 is 1.07 bits per heavy atom. The maximum atomic E-state index is 13.0. The molecule has 0 radical (unpaired) electrons. The van der Waals surface area contributed by atoms with Crippen molar-refractivity contribution in [3.05, 3.63) is 58.5 Å². The Kier molecular flexibility index (Phi) is 4.80. The van der Waals surface area contributed by atoms with Gasteiger partial charge in [-0.3, -0.25) is 9.69 Å². The lowest BCUT2D eigenvalue weighted by molar-refractivity contribution is -0.137. The van der Waals surface area contributed by atoms with Crippen LogP contribution in [0.25, 0.3) is 6.08 Å². The molecular weight excluding hydrogens is 411 g/mol. The highest BCUT2D eigenvalue weighted by molar-refractivity contribution is 8.27. The molecule has 0 saturated carbocycles. The van der Waals surface area contributed by atoms with E-state index < -0.39 is 17.6 Å². The van der Waals surface area contributed by atoms with Crippen molar-refractivity contribution in [1.82, 2.24) is 0 Å². The minimum absolute atomic E-state index is 0.0860. The Labute approximate surface area is 167 Å². The van der Waals surface area contributed by atoms with Gasteiger partial charge in [0.05, 0.1) is 16.2 Å². The zero-order valence-corrected chi connectivity index (χ0v) is 15.8. The Hall–Kier alpha value is -2.52. The molecule has 144 valence electrons. The normalized spacial score (nSPS) is 18.1. The molecule has 0 aliphatic carbocycles. The van der Waals surface area contributed by atoms with Gasteiger partial charge in [-0.1, -0.05) is 36.1 Å². The van der Waals surface area contributed by atoms with Crippen LogP contribution in [0.2, 0.25) is 0 Å². The number of thiocarbonyl (C=S) groups is 1. The molecule has 9 heteroatoms. The number of benzene rings is 2. The fraction of sp³-hybridized carbons (Fsp3) is 0.158. The third kappa shape index (κ3) is 3.59. The molecule has 0 spiro atoms. The first kappa shape index (κ1) is 18.8. The first-order valence-electron chi connectivity index (χ1n) is 8.18. The van der Waals surface area contributed by atoms with Crippen molar-refractivity contribution in [1.29, 1.82) is 0 Å². The lowest BCUT2D eigenvalue weighted by Crippen LogP contribution is -2.27. The first-order valence-corrected chi connectivity index (χ1v) is 9.40. The summed E-state index contributed by atoms with van der Waals surface area (Å²) in [6, 6.07) is 9.79. The van der Waals surface area contributed by atoms with E-state index in [-0.39, 0.29) is 10.0 Å². The number of anilines is 1. The van der Waals surface area contributed by atoms with E-state index in [4.69, 9.17) is 21.7 Å². The summed E-state index contributed by atoms with van der Waals surface area (Å²) in [7, 11) is 0. The summed E-state index contributed by atoms with van der Waals surface area (Å²) in [5.41, 5.74) is -0.0495. The number of hydrogen-bond donors (Lipinski definition) is 0. The van der Waals surface area contributed by atoms with Crippen LogP contribution in [0.3, 0.4) is 0 Å². The van der Waals surface area contributed by atoms with E-state index in [1.165, 1.54) is 12.1 Å². The van der Waals surface area contributed by atoms with Crippen molar-refractivity contribution in [3.8, 4) is 11.5 Å². The average molecular weight is 423 g/mol. The second-order valence-corrected chi connectivity index (χ2v) is 7.64. The van der Waals surface area contributed by atoms with Crippen LogP contribution >= 0.6 is 24.0 Å². The summed E-state index contributed by atoms with van der Waals surface area (Å²) >= 11 is 6.27. The van der Waals surface area contributed by atoms with Crippen molar-refractivity contribution in [3.63, 3.8) is 0 Å². The summed E-state index contributed by atoms with van der Waals surface area (Å²) in [6.07, 6.45) is -2.87. The quantitative estimate of drug-likeness (QED) is 0.508. The molecule has 0 aromatic heterocycles. The zero-order valence-electron chi connectivity index (χ0n) is 14.2. The molecule has 2 aromatic rings. The van der Waals surface area contributed by atoms with Gasteiger partial charge in [0.15, 0.2) is 15.8 Å². The van der Waals surface area contributed by atoms with Gasteiger partial charge in [0.25, 0.3) is 5.91 Å². The Morgan fingerprint density at radius 3 is 2.57 bits per heavy atom. The highest BCUT2D eigenvalue weighted by atomic mass is 32.2. The maximum Gasteiger partial charge on any atom is 0.416 e. The Balaban J connectivity index is 1.64. The zero-order chi connectivity index (χ0) is 19.9. The smallest absolute Gasteiger partial charge is 0.416 e. The van der Waals surface area contributed by atoms with Crippen LogP contribution in [0.1, 0.15) is 11.1 Å². The lowest BCUT2D eigenvalue weighted by Gasteiger charge is -2.18. The van der Waals surface area contributed by atoms with Crippen LogP contribution in [0.15, 0.2) is 47.4 Å². The van der Waals surface area contributed by atoms with Crippen molar-refractivity contribution in [2.45, 2.75) is 6.18 Å². The number of thioether (sulfide) groups is 1. The van der Waals surface area contributed by atoms with E-state index in [1.54, 1.807) is 24.3 Å². The van der Waals surface area contributed by atoms with Crippen LogP contribution in [0, 0.1) is 0 Å². The number of alkyl halides is 3. The number of carbonyl (C=O) groups excluding carboxylic acids is 1. The minimum atomic E-state index is -4.50. The van der Waals surface area contributed by atoms with Gasteiger partial charge in [0, 0.05) is 0 Å². The number of nitrogens with zero attached hydrogens (tertiary/aromatic N) is 1. The van der Waals surface area contributed by atoms with Gasteiger partial charge in [-0.2, -0.15) is 13.2 Å². The molecule has 28 heavy (non-hydrogen) atoms. The summed E-state index contributed by atoms with van der Waals surface area (Å²) in [5.74, 6) is 0.734. The largest absolute Gasteiger partial charge is 0.486 e. The van der Waals surface area contributed by atoms with Crippen molar-refractivity contribution < 1.29 is 27.4 Å². The van der Waals surface area contributed by atoms with Crippen molar-refractivity contribution >= 4 is 46.0 Å². The summed E-state index contributed by atoms with van der Waals surface area (Å²) < 4.78 is 50.1. The highest BCUT2D eigenvalue weighted by Crippen LogP contribution is 2.39. The van der Waals surface area contributed by atoms with E-state index in [2.05, 4.69) is 0 Å². The molecule has 1 saturated heterocycles. The fourth-order valence-corrected chi connectivity index (χ4v) is 4.11. The molecular formula is C19H12F3NO3S2. The summed E-state index contributed by atoms with van der Waals surface area (Å²) in [6.45, 7) is 0.913. The van der Waals surface area contributed by atoms with Crippen LogP contribution in [-0.2, 0) is 11.0 Å². The van der Waals surface area contributed by atoms with Gasteiger partial charge < -0.3 is 9.47 Å². The molecule has 0 N–H and O–H groups in total. The predicted molar refractivity (Wildman–Crippen MR) is 105 cm³/mol. The average Bonchev–Trinajstić information content (AvgIpc) is 2.94. The number of fused-ring (bicyclic) bond motifs is 1. The number of halogens is 3. The number of carbonyl (C=O) groups is 1. The molecule has 1 amide bonds. The third-order valence-corrected chi connectivity index (χ3v) is 5.39. The number of amides is 1. The maximum absolute atomic E-state index is 13.0. The Bertz CT molecular complexity index is 1000. The van der Waals surface area contributed by atoms with Crippen molar-refractivity contribution in [2.75, 3.05) is 18.1 Å². The Morgan fingerprint density at radius 2 is 1.82 bits per heavy atom. The predicted octanol–water partition coefficient (Wildman–Crippen LogP) is 4.88. The number of rotatable bonds is 2. The second-order valence-electron chi connectivity index (χ2n) is 5.97. The molecule has 4 rings (SSSR count). The van der Waals surface area contributed by atoms with E-state index >= 15 is 0 Å². The standard InChI is InChI=1S/C19H12F3NO3S2/c20-19(21,22)12-2-1-3-13(10-12)23-17(24)16(28-18(23)27)9-11-4-5-14-15(8-11)26-7-6-25-14/h1-5,8-10H,6-7H2/b16-9-. The first-order chi connectivity index (χ1) is 13.3. The molecule has 4 nitrogen and oxygen atoms in total. The lowest BCUT2D eigenvalue weighted by atomic mass is 10.1. The van der Waals surface area contributed by atoms with E-state index in [9.17, 15) is 18.0 Å². The molecule has 1 fully saturated rings. The molecule has 0 atom stereocenters.